The van der Waals surface area contributed by atoms with Crippen LogP contribution in [0.1, 0.15) is 24.1 Å². The van der Waals surface area contributed by atoms with Gasteiger partial charge in [0.1, 0.15) is 12.4 Å². The highest BCUT2D eigenvalue weighted by Crippen LogP contribution is 2.31. The van der Waals surface area contributed by atoms with Crippen LogP contribution in [0, 0.1) is 0 Å². The Bertz CT molecular complexity index is 1320. The van der Waals surface area contributed by atoms with Crippen molar-refractivity contribution in [3.63, 3.8) is 0 Å². The Morgan fingerprint density at radius 1 is 1.09 bits per heavy atom. The van der Waals surface area contributed by atoms with E-state index < -0.39 is 33.7 Å². The minimum atomic E-state index is -4.43. The van der Waals surface area contributed by atoms with Gasteiger partial charge in [-0.25, -0.2) is 18.4 Å². The molecular formula is C23H20BrF3N4O3S. The van der Waals surface area contributed by atoms with E-state index in [2.05, 4.69) is 31.2 Å². The van der Waals surface area contributed by atoms with Crippen molar-refractivity contribution in [2.24, 2.45) is 0 Å². The molecular weight excluding hydrogens is 549 g/mol. The second-order valence-electron chi connectivity index (χ2n) is 7.92. The molecule has 7 nitrogen and oxygen atoms in total. The lowest BCUT2D eigenvalue weighted by Crippen LogP contribution is -2.45. The number of alkyl halides is 3. The Kier molecular flexibility index (Phi) is 7.25. The molecule has 0 radical (unpaired) electrons. The molecule has 2 aromatic carbocycles. The van der Waals surface area contributed by atoms with Crippen molar-refractivity contribution in [2.45, 2.75) is 36.5 Å². The summed E-state index contributed by atoms with van der Waals surface area (Å²) in [5.74, 6) is -0.446. The van der Waals surface area contributed by atoms with Gasteiger partial charge in [-0.3, -0.25) is 4.79 Å². The SMILES string of the molecule is O=C(NCc1cc(-c2ccc(C(F)(F)F)cc2)ncn1)[C@@H]1CCCN1S(=O)(=O)c1ccc(Br)cc1. The van der Waals surface area contributed by atoms with Gasteiger partial charge in [0, 0.05) is 16.6 Å². The third-order valence-electron chi connectivity index (χ3n) is 5.60. The third-order valence-corrected chi connectivity index (χ3v) is 8.05. The summed E-state index contributed by atoms with van der Waals surface area (Å²) in [5, 5.41) is 2.72. The van der Waals surface area contributed by atoms with Crippen molar-refractivity contribution >= 4 is 31.9 Å². The molecule has 0 bridgehead atoms. The predicted octanol–water partition coefficient (Wildman–Crippen LogP) is 4.39. The first-order valence-electron chi connectivity index (χ1n) is 10.6. The third kappa shape index (κ3) is 5.71. The van der Waals surface area contributed by atoms with Crippen molar-refractivity contribution in [1.82, 2.24) is 19.6 Å². The second kappa shape index (κ2) is 10.0. The highest BCUT2D eigenvalue weighted by Gasteiger charge is 2.39. The lowest BCUT2D eigenvalue weighted by Gasteiger charge is -2.23. The van der Waals surface area contributed by atoms with Gasteiger partial charge in [0.25, 0.3) is 0 Å². The van der Waals surface area contributed by atoms with E-state index in [1.807, 2.05) is 0 Å². The first-order chi connectivity index (χ1) is 16.6. The maximum Gasteiger partial charge on any atom is 0.416 e. The average molecular weight is 569 g/mol. The summed E-state index contributed by atoms with van der Waals surface area (Å²) in [6, 6.07) is 11.5. The standard InChI is InChI=1S/C23H20BrF3N4O3S/c24-17-7-9-19(10-8-17)35(33,34)31-11-1-2-21(31)22(32)28-13-18-12-20(30-14-29-18)15-3-5-16(6-4-15)23(25,26)27/h3-10,12,14,21H,1-2,11,13H2,(H,28,32)/t21-/m0/s1. The minimum Gasteiger partial charge on any atom is -0.349 e. The first-order valence-corrected chi connectivity index (χ1v) is 12.8. The number of carbonyl (C=O) groups excluding carboxylic acids is 1. The first kappa shape index (κ1) is 25.3. The summed E-state index contributed by atoms with van der Waals surface area (Å²) in [4.78, 5) is 21.2. The average Bonchev–Trinajstić information content (AvgIpc) is 3.34. The van der Waals surface area contributed by atoms with Gasteiger partial charge in [-0.15, -0.1) is 0 Å². The normalized spacial score (nSPS) is 16.9. The lowest BCUT2D eigenvalue weighted by atomic mass is 10.1. The van der Waals surface area contributed by atoms with Gasteiger partial charge in [-0.2, -0.15) is 17.5 Å². The number of hydrogen-bond donors (Lipinski definition) is 1. The molecule has 0 unspecified atom stereocenters. The molecule has 1 saturated heterocycles. The molecule has 1 N–H and O–H groups in total. The molecule has 1 atom stereocenters. The number of amides is 1. The summed E-state index contributed by atoms with van der Waals surface area (Å²) in [7, 11) is -3.84. The van der Waals surface area contributed by atoms with Gasteiger partial charge in [0.15, 0.2) is 0 Å². The van der Waals surface area contributed by atoms with Crippen LogP contribution in [0.4, 0.5) is 13.2 Å². The molecule has 3 aromatic rings. The number of nitrogens with zero attached hydrogens (tertiary/aromatic N) is 3. The largest absolute Gasteiger partial charge is 0.416 e. The van der Waals surface area contributed by atoms with Gasteiger partial charge >= 0.3 is 6.18 Å². The molecule has 12 heteroatoms. The van der Waals surface area contributed by atoms with Crippen molar-refractivity contribution in [1.29, 1.82) is 0 Å². The summed E-state index contributed by atoms with van der Waals surface area (Å²) >= 11 is 3.28. The summed E-state index contributed by atoms with van der Waals surface area (Å²) in [6.45, 7) is 0.250. The Morgan fingerprint density at radius 2 is 1.77 bits per heavy atom. The molecule has 4 rings (SSSR count). The lowest BCUT2D eigenvalue weighted by molar-refractivity contribution is -0.137. The van der Waals surface area contributed by atoms with Crippen LogP contribution in [-0.2, 0) is 27.5 Å². The number of carbonyl (C=O) groups is 1. The molecule has 1 aromatic heterocycles. The number of benzene rings is 2. The highest BCUT2D eigenvalue weighted by atomic mass is 79.9. The van der Waals surface area contributed by atoms with Crippen molar-refractivity contribution in [2.75, 3.05) is 6.54 Å². The van der Waals surface area contributed by atoms with Crippen molar-refractivity contribution < 1.29 is 26.4 Å². The van der Waals surface area contributed by atoms with E-state index in [9.17, 15) is 26.4 Å². The van der Waals surface area contributed by atoms with E-state index in [-0.39, 0.29) is 18.0 Å². The number of rotatable bonds is 6. The van der Waals surface area contributed by atoms with Crippen molar-refractivity contribution in [3.05, 3.63) is 76.7 Å². The van der Waals surface area contributed by atoms with Gasteiger partial charge in [0.05, 0.1) is 28.4 Å². The van der Waals surface area contributed by atoms with E-state index in [0.29, 0.717) is 29.8 Å². The molecule has 1 amide bonds. The number of sulfonamides is 1. The zero-order chi connectivity index (χ0) is 25.2. The van der Waals surface area contributed by atoms with Crippen LogP contribution in [0.15, 0.2) is 70.3 Å². The Morgan fingerprint density at radius 3 is 2.43 bits per heavy atom. The number of nitrogens with one attached hydrogen (secondary N) is 1. The van der Waals surface area contributed by atoms with Gasteiger partial charge < -0.3 is 5.32 Å². The maximum atomic E-state index is 13.1. The van der Waals surface area contributed by atoms with Crippen LogP contribution in [0.3, 0.4) is 0 Å². The van der Waals surface area contributed by atoms with Crippen LogP contribution in [-0.4, -0.2) is 41.2 Å². The van der Waals surface area contributed by atoms with Crippen LogP contribution >= 0.6 is 15.9 Å². The predicted molar refractivity (Wildman–Crippen MR) is 125 cm³/mol. The van der Waals surface area contributed by atoms with Crippen LogP contribution in [0.2, 0.25) is 0 Å². The summed E-state index contributed by atoms with van der Waals surface area (Å²) in [6.07, 6.45) is -2.23. The Labute approximate surface area is 208 Å². The number of hydrogen-bond acceptors (Lipinski definition) is 5. The molecule has 0 spiro atoms. The van der Waals surface area contributed by atoms with E-state index in [0.717, 1.165) is 16.6 Å². The molecule has 184 valence electrons. The minimum absolute atomic E-state index is 0.0116. The van der Waals surface area contributed by atoms with Crippen LogP contribution in [0.25, 0.3) is 11.3 Å². The van der Waals surface area contributed by atoms with Gasteiger partial charge in [0.2, 0.25) is 15.9 Å². The maximum absolute atomic E-state index is 13.1. The zero-order valence-electron chi connectivity index (χ0n) is 18.2. The second-order valence-corrected chi connectivity index (χ2v) is 10.7. The van der Waals surface area contributed by atoms with Crippen LogP contribution in [0.5, 0.6) is 0 Å². The van der Waals surface area contributed by atoms with Crippen LogP contribution < -0.4 is 5.32 Å². The number of aromatic nitrogens is 2. The van der Waals surface area contributed by atoms with Crippen molar-refractivity contribution in [3.8, 4) is 11.3 Å². The van der Waals surface area contributed by atoms with Gasteiger partial charge in [-0.05, 0) is 55.3 Å². The number of halogens is 4. The topological polar surface area (TPSA) is 92.3 Å². The highest BCUT2D eigenvalue weighted by molar-refractivity contribution is 9.10. The summed E-state index contributed by atoms with van der Waals surface area (Å²) < 4.78 is 66.5. The molecule has 0 saturated carbocycles. The monoisotopic (exact) mass is 568 g/mol. The van der Waals surface area contributed by atoms with E-state index in [4.69, 9.17) is 0 Å². The molecule has 1 fully saturated rings. The zero-order valence-corrected chi connectivity index (χ0v) is 20.6. The van der Waals surface area contributed by atoms with E-state index >= 15 is 0 Å². The quantitative estimate of drug-likeness (QED) is 0.476. The Balaban J connectivity index is 1.44. The molecule has 1 aliphatic heterocycles. The van der Waals surface area contributed by atoms with Gasteiger partial charge in [-0.1, -0.05) is 28.1 Å². The van der Waals surface area contributed by atoms with E-state index in [1.165, 1.54) is 34.9 Å². The molecule has 0 aliphatic carbocycles. The fourth-order valence-corrected chi connectivity index (χ4v) is 5.73. The molecule has 1 aliphatic rings. The fourth-order valence-electron chi connectivity index (χ4n) is 3.81. The smallest absolute Gasteiger partial charge is 0.349 e. The molecule has 35 heavy (non-hydrogen) atoms. The van der Waals surface area contributed by atoms with E-state index in [1.54, 1.807) is 18.2 Å². The Hall–Kier alpha value is -2.83. The molecule has 2 heterocycles. The fraction of sp³-hybridized carbons (Fsp3) is 0.261. The summed E-state index contributed by atoms with van der Waals surface area (Å²) in [5.41, 5.74) is 0.541.